The van der Waals surface area contributed by atoms with Gasteiger partial charge < -0.3 is 5.32 Å². The van der Waals surface area contributed by atoms with Gasteiger partial charge in [-0.1, -0.05) is 0 Å². The molecule has 1 aliphatic heterocycles. The van der Waals surface area contributed by atoms with E-state index in [0.717, 1.165) is 32.5 Å². The highest BCUT2D eigenvalue weighted by Crippen LogP contribution is 2.19. The Morgan fingerprint density at radius 1 is 1.28 bits per heavy atom. The first-order valence-corrected chi connectivity index (χ1v) is 8.34. The number of nitrogens with one attached hydrogen (secondary N) is 1. The first-order valence-electron chi connectivity index (χ1n) is 8.34. The summed E-state index contributed by atoms with van der Waals surface area (Å²) >= 11 is 0. The summed E-state index contributed by atoms with van der Waals surface area (Å²) in [6.07, 6.45) is 5.86. The van der Waals surface area contributed by atoms with Gasteiger partial charge in [0.15, 0.2) is 0 Å². The number of benzene rings is 1. The number of non-ortho nitro benzene ring substituents is 1. The van der Waals surface area contributed by atoms with E-state index in [9.17, 15) is 14.9 Å². The lowest BCUT2D eigenvalue weighted by Crippen LogP contribution is -2.40. The Labute approximate surface area is 145 Å². The lowest BCUT2D eigenvalue weighted by Gasteiger charge is -2.31. The summed E-state index contributed by atoms with van der Waals surface area (Å²) < 4.78 is 1.96. The van der Waals surface area contributed by atoms with Crippen molar-refractivity contribution in [2.24, 2.45) is 5.92 Å². The van der Waals surface area contributed by atoms with Crippen LogP contribution in [-0.2, 0) is 11.3 Å². The van der Waals surface area contributed by atoms with Gasteiger partial charge in [0.25, 0.3) is 5.69 Å². The van der Waals surface area contributed by atoms with Crippen LogP contribution >= 0.6 is 0 Å². The van der Waals surface area contributed by atoms with Crippen molar-refractivity contribution < 1.29 is 9.72 Å². The van der Waals surface area contributed by atoms with Crippen LogP contribution in [0.2, 0.25) is 0 Å². The Hall–Kier alpha value is -2.74. The predicted octanol–water partition coefficient (Wildman–Crippen LogP) is 2.14. The molecule has 3 rings (SSSR count). The van der Waals surface area contributed by atoms with Gasteiger partial charge in [0.1, 0.15) is 0 Å². The molecule has 0 unspecified atom stereocenters. The number of hydrogen-bond acceptors (Lipinski definition) is 5. The average molecular weight is 343 g/mol. The van der Waals surface area contributed by atoms with Gasteiger partial charge in [-0.25, -0.2) is 0 Å². The third-order valence-electron chi connectivity index (χ3n) is 4.44. The van der Waals surface area contributed by atoms with Crippen molar-refractivity contribution in [1.82, 2.24) is 14.7 Å². The Bertz CT molecular complexity index is 706. The molecule has 1 aliphatic rings. The number of carbonyl (C=O) groups is 1. The van der Waals surface area contributed by atoms with E-state index in [-0.39, 0.29) is 11.6 Å². The molecule has 2 heterocycles. The van der Waals surface area contributed by atoms with Crippen LogP contribution in [0, 0.1) is 16.0 Å². The summed E-state index contributed by atoms with van der Waals surface area (Å²) in [7, 11) is 0. The second-order valence-corrected chi connectivity index (χ2v) is 6.30. The molecule has 0 saturated carbocycles. The third kappa shape index (κ3) is 4.87. The number of nitrogens with zero attached hydrogens (tertiary/aromatic N) is 4. The fourth-order valence-corrected chi connectivity index (χ4v) is 3.07. The topological polar surface area (TPSA) is 93.3 Å². The number of rotatable bonds is 6. The lowest BCUT2D eigenvalue weighted by molar-refractivity contribution is -0.384. The van der Waals surface area contributed by atoms with Crippen molar-refractivity contribution in [1.29, 1.82) is 0 Å². The molecule has 2 aromatic rings. The summed E-state index contributed by atoms with van der Waals surface area (Å²) in [4.78, 5) is 24.4. The molecular weight excluding hydrogens is 322 g/mol. The Morgan fingerprint density at radius 3 is 2.60 bits per heavy atom. The summed E-state index contributed by atoms with van der Waals surface area (Å²) in [6, 6.07) is 7.79. The van der Waals surface area contributed by atoms with Gasteiger partial charge >= 0.3 is 0 Å². The van der Waals surface area contributed by atoms with Gasteiger partial charge in [0.2, 0.25) is 5.91 Å². The smallest absolute Gasteiger partial charge is 0.269 e. The fraction of sp³-hybridized carbons (Fsp3) is 0.412. The minimum absolute atomic E-state index is 0.0113. The molecule has 0 radical (unpaired) electrons. The molecule has 0 atom stereocenters. The van der Waals surface area contributed by atoms with Crippen molar-refractivity contribution in [3.63, 3.8) is 0 Å². The van der Waals surface area contributed by atoms with Crippen LogP contribution in [0.5, 0.6) is 0 Å². The van der Waals surface area contributed by atoms with E-state index >= 15 is 0 Å². The third-order valence-corrected chi connectivity index (χ3v) is 4.44. The number of nitro groups is 1. The number of carbonyl (C=O) groups excluding carboxylic acids is 1. The molecule has 0 spiro atoms. The number of likely N-dealkylation sites (tertiary alicyclic amines) is 1. The van der Waals surface area contributed by atoms with Gasteiger partial charge in [0.05, 0.1) is 11.5 Å². The van der Waals surface area contributed by atoms with Gasteiger partial charge in [0, 0.05) is 36.8 Å². The quantitative estimate of drug-likeness (QED) is 0.641. The van der Waals surface area contributed by atoms with Crippen molar-refractivity contribution in [3.8, 4) is 0 Å². The van der Waals surface area contributed by atoms with Crippen LogP contribution in [0.25, 0.3) is 0 Å². The van der Waals surface area contributed by atoms with Crippen LogP contribution in [0.15, 0.2) is 42.7 Å². The number of amides is 1. The van der Waals surface area contributed by atoms with Gasteiger partial charge in [-0.2, -0.15) is 5.10 Å². The Kier molecular flexibility index (Phi) is 5.39. The normalized spacial score (nSPS) is 15.8. The standard InChI is InChI=1S/C17H21N5O3/c23-17(19-15-2-4-16(5-3-15)22(24)25)13-20-10-6-14(7-11-20)12-21-9-1-8-18-21/h1-5,8-9,14H,6-7,10-13H2,(H,19,23). The lowest BCUT2D eigenvalue weighted by atomic mass is 9.97. The highest BCUT2D eigenvalue weighted by molar-refractivity contribution is 5.92. The van der Waals surface area contributed by atoms with Crippen LogP contribution in [0.4, 0.5) is 11.4 Å². The highest BCUT2D eigenvalue weighted by Gasteiger charge is 2.21. The van der Waals surface area contributed by atoms with Crippen molar-refractivity contribution >= 4 is 17.3 Å². The fourth-order valence-electron chi connectivity index (χ4n) is 3.07. The molecule has 1 aromatic heterocycles. The number of nitro benzene ring substituents is 1. The van der Waals surface area contributed by atoms with E-state index in [1.54, 1.807) is 18.3 Å². The Morgan fingerprint density at radius 2 is 2.00 bits per heavy atom. The van der Waals surface area contributed by atoms with Gasteiger partial charge in [-0.3, -0.25) is 24.5 Å². The molecule has 1 saturated heterocycles. The molecule has 1 N–H and O–H groups in total. The molecule has 25 heavy (non-hydrogen) atoms. The maximum Gasteiger partial charge on any atom is 0.269 e. The molecule has 1 aromatic carbocycles. The summed E-state index contributed by atoms with van der Waals surface area (Å²) in [5.41, 5.74) is 0.585. The zero-order valence-corrected chi connectivity index (χ0v) is 13.9. The molecular formula is C17H21N5O3. The Balaban J connectivity index is 1.42. The highest BCUT2D eigenvalue weighted by atomic mass is 16.6. The van der Waals surface area contributed by atoms with E-state index in [0.29, 0.717) is 18.2 Å². The van der Waals surface area contributed by atoms with Crippen molar-refractivity contribution in [2.75, 3.05) is 25.0 Å². The minimum atomic E-state index is -0.459. The minimum Gasteiger partial charge on any atom is -0.325 e. The summed E-state index contributed by atoms with van der Waals surface area (Å²) in [5, 5.41) is 17.7. The van der Waals surface area contributed by atoms with Crippen LogP contribution in [0.3, 0.4) is 0 Å². The van der Waals surface area contributed by atoms with Crippen LogP contribution in [-0.4, -0.2) is 45.1 Å². The van der Waals surface area contributed by atoms with E-state index < -0.39 is 4.92 Å². The zero-order chi connectivity index (χ0) is 17.6. The second kappa shape index (κ2) is 7.89. The van der Waals surface area contributed by atoms with Gasteiger partial charge in [-0.15, -0.1) is 0 Å². The van der Waals surface area contributed by atoms with Crippen molar-refractivity contribution in [2.45, 2.75) is 19.4 Å². The molecule has 8 nitrogen and oxygen atoms in total. The first kappa shape index (κ1) is 17.1. The largest absolute Gasteiger partial charge is 0.325 e. The van der Waals surface area contributed by atoms with E-state index in [1.165, 1.54) is 12.1 Å². The number of piperidine rings is 1. The molecule has 0 bridgehead atoms. The monoisotopic (exact) mass is 343 g/mol. The SMILES string of the molecule is O=C(CN1CCC(Cn2cccn2)CC1)Nc1ccc([N+](=O)[O-])cc1. The van der Waals surface area contributed by atoms with E-state index in [1.807, 2.05) is 16.9 Å². The van der Waals surface area contributed by atoms with Gasteiger partial charge in [-0.05, 0) is 50.0 Å². The number of anilines is 1. The van der Waals surface area contributed by atoms with E-state index in [2.05, 4.69) is 15.3 Å². The molecule has 132 valence electrons. The number of hydrogen-bond donors (Lipinski definition) is 1. The number of aromatic nitrogens is 2. The van der Waals surface area contributed by atoms with Crippen LogP contribution in [0.1, 0.15) is 12.8 Å². The molecule has 1 fully saturated rings. The van der Waals surface area contributed by atoms with Crippen LogP contribution < -0.4 is 5.32 Å². The molecule has 1 amide bonds. The molecule has 0 aliphatic carbocycles. The molecule has 8 heteroatoms. The second-order valence-electron chi connectivity index (χ2n) is 6.30. The predicted molar refractivity (Wildman–Crippen MR) is 93.1 cm³/mol. The maximum atomic E-state index is 12.1. The van der Waals surface area contributed by atoms with Crippen molar-refractivity contribution in [3.05, 3.63) is 52.8 Å². The van der Waals surface area contributed by atoms with E-state index in [4.69, 9.17) is 0 Å². The zero-order valence-electron chi connectivity index (χ0n) is 13.9. The first-order chi connectivity index (χ1) is 12.1. The maximum absolute atomic E-state index is 12.1. The summed E-state index contributed by atoms with van der Waals surface area (Å²) in [5.74, 6) is 0.494. The average Bonchev–Trinajstić information content (AvgIpc) is 3.10. The summed E-state index contributed by atoms with van der Waals surface area (Å²) in [6.45, 7) is 3.04.